The van der Waals surface area contributed by atoms with Gasteiger partial charge in [0.15, 0.2) is 5.17 Å². The molecule has 0 unspecified atom stereocenters. The van der Waals surface area contributed by atoms with Gasteiger partial charge in [0.05, 0.1) is 0 Å². The maximum Gasteiger partial charge on any atom is 0.177 e. The van der Waals surface area contributed by atoms with E-state index < -0.39 is 0 Å². The van der Waals surface area contributed by atoms with E-state index in [0.717, 1.165) is 5.56 Å². The van der Waals surface area contributed by atoms with Crippen LogP contribution in [0, 0.1) is 0 Å². The molecule has 7 heteroatoms. The van der Waals surface area contributed by atoms with Crippen molar-refractivity contribution in [3.8, 4) is 0 Å². The highest BCUT2D eigenvalue weighted by Crippen LogP contribution is 2.22. The van der Waals surface area contributed by atoms with Crippen molar-refractivity contribution < 1.29 is 0 Å². The van der Waals surface area contributed by atoms with Gasteiger partial charge in [0.2, 0.25) is 0 Å². The molecule has 0 saturated heterocycles. The highest BCUT2D eigenvalue weighted by atomic mass is 35.5. The monoisotopic (exact) mass is 250 g/mol. The average Bonchev–Trinajstić information content (AvgIpc) is 2.16. The third-order valence-corrected chi connectivity index (χ3v) is 2.81. The fourth-order valence-electron chi connectivity index (χ4n) is 0.731. The largest absolute Gasteiger partial charge is 0.377 e. The Hall–Kier alpha value is -0.650. The number of nitrogens with zero attached hydrogens (tertiary/aromatic N) is 2. The maximum absolute atomic E-state index is 5.91. The molecule has 0 amide bonds. The number of hydrogen-bond acceptors (Lipinski definition) is 4. The third-order valence-electron chi connectivity index (χ3n) is 1.40. The predicted molar refractivity (Wildman–Crippen MR) is 61.4 cm³/mol. The molecule has 0 fully saturated rings. The number of nitrogens with two attached hydrogens (primary N) is 2. The van der Waals surface area contributed by atoms with E-state index in [0.29, 0.717) is 21.1 Å². The summed E-state index contributed by atoms with van der Waals surface area (Å²) < 4.78 is 0. The van der Waals surface area contributed by atoms with E-state index in [1.54, 1.807) is 12.3 Å². The molecule has 1 heterocycles. The van der Waals surface area contributed by atoms with E-state index in [1.807, 2.05) is 0 Å². The summed E-state index contributed by atoms with van der Waals surface area (Å²) in [4.78, 5) is 3.90. The third kappa shape index (κ3) is 3.25. The van der Waals surface area contributed by atoms with Gasteiger partial charge < -0.3 is 11.6 Å². The summed E-state index contributed by atoms with van der Waals surface area (Å²) in [7, 11) is 0. The molecule has 1 aromatic heterocycles. The van der Waals surface area contributed by atoms with Crippen LogP contribution < -0.4 is 11.6 Å². The lowest BCUT2D eigenvalue weighted by Crippen LogP contribution is -2.09. The van der Waals surface area contributed by atoms with Crippen molar-refractivity contribution in [2.45, 2.75) is 5.75 Å². The summed E-state index contributed by atoms with van der Waals surface area (Å²) in [5.74, 6) is 5.54. The van der Waals surface area contributed by atoms with Gasteiger partial charge in [-0.2, -0.15) is 5.10 Å². The van der Waals surface area contributed by atoms with Crippen LogP contribution in [0.25, 0.3) is 0 Å². The Kier molecular flexibility index (Phi) is 4.31. The quantitative estimate of drug-likeness (QED) is 0.276. The number of amidine groups is 1. The molecule has 76 valence electrons. The van der Waals surface area contributed by atoms with Gasteiger partial charge in [-0.15, -0.1) is 0 Å². The van der Waals surface area contributed by atoms with Crippen LogP contribution in [0.3, 0.4) is 0 Å². The first-order chi connectivity index (χ1) is 6.63. The molecule has 1 rings (SSSR count). The highest BCUT2D eigenvalue weighted by Gasteiger charge is 2.03. The second kappa shape index (κ2) is 5.29. The average molecular weight is 251 g/mol. The van der Waals surface area contributed by atoms with Gasteiger partial charge in [-0.05, 0) is 11.6 Å². The zero-order chi connectivity index (χ0) is 10.6. The fraction of sp³-hybridized carbons (Fsp3) is 0.143. The predicted octanol–water partition coefficient (Wildman–Crippen LogP) is 1.81. The Morgan fingerprint density at radius 3 is 2.86 bits per heavy atom. The lowest BCUT2D eigenvalue weighted by Gasteiger charge is -2.02. The molecule has 0 bridgehead atoms. The number of hydrogen-bond donors (Lipinski definition) is 2. The molecule has 0 aliphatic carbocycles. The van der Waals surface area contributed by atoms with Gasteiger partial charge in [-0.25, -0.2) is 4.98 Å². The lowest BCUT2D eigenvalue weighted by atomic mass is 10.3. The molecule has 0 atom stereocenters. The number of halogens is 2. The van der Waals surface area contributed by atoms with E-state index in [1.165, 1.54) is 11.8 Å². The van der Waals surface area contributed by atoms with Crippen LogP contribution in [0.1, 0.15) is 5.56 Å². The van der Waals surface area contributed by atoms with Crippen molar-refractivity contribution >= 4 is 40.1 Å². The molecule has 0 aliphatic heterocycles. The molecule has 4 N–H and O–H groups in total. The SMILES string of the molecule is NN=C(N)SCc1cnc(Cl)cc1Cl. The zero-order valence-electron chi connectivity index (χ0n) is 7.08. The van der Waals surface area contributed by atoms with Crippen molar-refractivity contribution in [3.63, 3.8) is 0 Å². The summed E-state index contributed by atoms with van der Waals surface area (Å²) in [6.45, 7) is 0. The standard InChI is InChI=1S/C7H8Cl2N4S/c8-5-1-6(9)12-2-4(5)3-14-7(10)13-11/h1-2H,3,11H2,(H2,10,13). The minimum atomic E-state index is 0.302. The second-order valence-electron chi connectivity index (χ2n) is 2.35. The Morgan fingerprint density at radius 2 is 2.29 bits per heavy atom. The summed E-state index contributed by atoms with van der Waals surface area (Å²) in [6.07, 6.45) is 1.60. The van der Waals surface area contributed by atoms with Gasteiger partial charge in [0, 0.05) is 17.0 Å². The van der Waals surface area contributed by atoms with Gasteiger partial charge >= 0.3 is 0 Å². The van der Waals surface area contributed by atoms with Crippen molar-refractivity contribution in [2.75, 3.05) is 0 Å². The molecule has 0 aliphatic rings. The van der Waals surface area contributed by atoms with Crippen LogP contribution in [-0.2, 0) is 5.75 Å². The van der Waals surface area contributed by atoms with Crippen molar-refractivity contribution in [2.24, 2.45) is 16.7 Å². The van der Waals surface area contributed by atoms with Crippen LogP contribution in [0.2, 0.25) is 10.2 Å². The Labute approximate surface area is 95.7 Å². The molecule has 14 heavy (non-hydrogen) atoms. The molecular weight excluding hydrogens is 243 g/mol. The Balaban J connectivity index is 2.68. The zero-order valence-corrected chi connectivity index (χ0v) is 9.40. The Morgan fingerprint density at radius 1 is 1.57 bits per heavy atom. The van der Waals surface area contributed by atoms with E-state index in [9.17, 15) is 0 Å². The first kappa shape index (κ1) is 11.4. The molecule has 4 nitrogen and oxygen atoms in total. The van der Waals surface area contributed by atoms with Crippen molar-refractivity contribution in [1.82, 2.24) is 4.98 Å². The lowest BCUT2D eigenvalue weighted by molar-refractivity contribution is 1.24. The van der Waals surface area contributed by atoms with E-state index in [-0.39, 0.29) is 0 Å². The highest BCUT2D eigenvalue weighted by molar-refractivity contribution is 8.13. The summed E-state index contributed by atoms with van der Waals surface area (Å²) >= 11 is 12.8. The van der Waals surface area contributed by atoms with Crippen LogP contribution >= 0.6 is 35.0 Å². The van der Waals surface area contributed by atoms with Gasteiger partial charge in [0.1, 0.15) is 5.15 Å². The molecule has 0 radical (unpaired) electrons. The maximum atomic E-state index is 5.91. The van der Waals surface area contributed by atoms with Crippen LogP contribution in [-0.4, -0.2) is 10.2 Å². The fourth-order valence-corrected chi connectivity index (χ4v) is 1.85. The van der Waals surface area contributed by atoms with Crippen molar-refractivity contribution in [1.29, 1.82) is 0 Å². The van der Waals surface area contributed by atoms with Crippen LogP contribution in [0.15, 0.2) is 17.4 Å². The van der Waals surface area contributed by atoms with Crippen molar-refractivity contribution in [3.05, 3.63) is 28.0 Å². The minimum absolute atomic E-state index is 0.302. The minimum Gasteiger partial charge on any atom is -0.377 e. The molecule has 0 spiro atoms. The van der Waals surface area contributed by atoms with E-state index in [4.69, 9.17) is 34.8 Å². The van der Waals surface area contributed by atoms with Gasteiger partial charge in [-0.1, -0.05) is 35.0 Å². The number of hydrazone groups is 1. The van der Waals surface area contributed by atoms with Crippen LogP contribution in [0.5, 0.6) is 0 Å². The first-order valence-electron chi connectivity index (χ1n) is 3.59. The topological polar surface area (TPSA) is 77.3 Å². The normalized spacial score (nSPS) is 11.7. The first-order valence-corrected chi connectivity index (χ1v) is 5.33. The van der Waals surface area contributed by atoms with Gasteiger partial charge in [-0.3, -0.25) is 0 Å². The number of rotatable bonds is 2. The van der Waals surface area contributed by atoms with Gasteiger partial charge in [0.25, 0.3) is 0 Å². The van der Waals surface area contributed by atoms with Crippen LogP contribution in [0.4, 0.5) is 0 Å². The summed E-state index contributed by atoms with van der Waals surface area (Å²) in [5.41, 5.74) is 6.24. The summed E-state index contributed by atoms with van der Waals surface area (Å²) in [5, 5.41) is 4.54. The molecule has 0 aromatic carbocycles. The summed E-state index contributed by atoms with van der Waals surface area (Å²) in [6, 6.07) is 1.58. The number of pyridine rings is 1. The Bertz CT molecular complexity index is 356. The molecule has 1 aromatic rings. The smallest absolute Gasteiger partial charge is 0.177 e. The second-order valence-corrected chi connectivity index (χ2v) is 4.14. The van der Waals surface area contributed by atoms with E-state index in [2.05, 4.69) is 10.1 Å². The number of thioether (sulfide) groups is 1. The molecule has 0 saturated carbocycles. The number of aromatic nitrogens is 1. The van der Waals surface area contributed by atoms with E-state index >= 15 is 0 Å². The molecular formula is C7H8Cl2N4S.